The number of methoxy groups -OCH3 is 1. The van der Waals surface area contributed by atoms with Crippen molar-refractivity contribution in [1.82, 2.24) is 5.32 Å². The number of ether oxygens (including phenoxy) is 1. The molecule has 0 saturated carbocycles. The van der Waals surface area contributed by atoms with Crippen LogP contribution in [0, 0.1) is 0 Å². The summed E-state index contributed by atoms with van der Waals surface area (Å²) < 4.78 is 16.2. The minimum atomic E-state index is -0.236. The number of hydrogen-bond acceptors (Lipinski definition) is 2. The van der Waals surface area contributed by atoms with Crippen molar-refractivity contribution in [2.75, 3.05) is 33.5 Å². The van der Waals surface area contributed by atoms with Gasteiger partial charge in [0, 0.05) is 13.7 Å². The van der Waals surface area contributed by atoms with E-state index < -0.39 is 0 Å². The van der Waals surface area contributed by atoms with E-state index in [0.717, 1.165) is 13.1 Å². The quantitative estimate of drug-likeness (QED) is 0.538. The molecule has 0 aromatic carbocycles. The number of halogens is 1. The van der Waals surface area contributed by atoms with Gasteiger partial charge in [0.1, 0.15) is 0 Å². The molecule has 0 aliphatic heterocycles. The molecule has 2 nitrogen and oxygen atoms in total. The van der Waals surface area contributed by atoms with Gasteiger partial charge in [-0.25, -0.2) is 0 Å². The molecule has 0 fully saturated rings. The summed E-state index contributed by atoms with van der Waals surface area (Å²) in [5, 5.41) is 3.02. The number of nitrogens with one attached hydrogen (secondary N) is 1. The van der Waals surface area contributed by atoms with Crippen LogP contribution >= 0.6 is 0 Å². The first-order valence-corrected chi connectivity index (χ1v) is 3.17. The Balaban J connectivity index is 2.60. The number of rotatable bonds is 6. The number of hydrogen-bond donors (Lipinski definition) is 1. The number of alkyl halides is 1. The van der Waals surface area contributed by atoms with Gasteiger partial charge in [-0.15, -0.1) is 0 Å². The highest BCUT2D eigenvalue weighted by Crippen LogP contribution is 1.75. The zero-order chi connectivity index (χ0) is 6.95. The average Bonchev–Trinajstić information content (AvgIpc) is 1.89. The second kappa shape index (κ2) is 7.85. The summed E-state index contributed by atoms with van der Waals surface area (Å²) in [6, 6.07) is 0. The third-order valence-corrected chi connectivity index (χ3v) is 0.970. The van der Waals surface area contributed by atoms with E-state index in [9.17, 15) is 4.39 Å². The van der Waals surface area contributed by atoms with E-state index in [4.69, 9.17) is 4.74 Å². The maximum absolute atomic E-state index is 11.4. The van der Waals surface area contributed by atoms with Crippen molar-refractivity contribution < 1.29 is 9.13 Å². The fourth-order valence-corrected chi connectivity index (χ4v) is 0.491. The van der Waals surface area contributed by atoms with Crippen LogP contribution in [0.4, 0.5) is 4.39 Å². The summed E-state index contributed by atoms with van der Waals surface area (Å²) in [6.45, 7) is 2.03. The summed E-state index contributed by atoms with van der Waals surface area (Å²) >= 11 is 0. The molecule has 0 saturated heterocycles. The van der Waals surface area contributed by atoms with Crippen molar-refractivity contribution in [3.63, 3.8) is 0 Å². The first-order valence-electron chi connectivity index (χ1n) is 3.17. The molecule has 0 radical (unpaired) electrons. The molecule has 0 aliphatic rings. The van der Waals surface area contributed by atoms with Gasteiger partial charge in [0.15, 0.2) is 0 Å². The molecular formula is C6H14FNO. The zero-order valence-corrected chi connectivity index (χ0v) is 5.82. The second-order valence-corrected chi connectivity index (χ2v) is 1.79. The molecule has 0 aromatic rings. The van der Waals surface area contributed by atoms with Crippen molar-refractivity contribution >= 4 is 0 Å². The lowest BCUT2D eigenvalue weighted by molar-refractivity contribution is 0.199. The van der Waals surface area contributed by atoms with Gasteiger partial charge in [-0.3, -0.25) is 4.39 Å². The second-order valence-electron chi connectivity index (χ2n) is 1.79. The molecule has 1 N–H and O–H groups in total. The first-order chi connectivity index (χ1) is 4.41. The van der Waals surface area contributed by atoms with Crippen LogP contribution in [0.2, 0.25) is 0 Å². The van der Waals surface area contributed by atoms with Crippen LogP contribution in [0.3, 0.4) is 0 Å². The molecule has 3 heteroatoms. The van der Waals surface area contributed by atoms with Gasteiger partial charge >= 0.3 is 0 Å². The largest absolute Gasteiger partial charge is 0.383 e. The van der Waals surface area contributed by atoms with Crippen LogP contribution in [0.15, 0.2) is 0 Å². The molecule has 56 valence electrons. The van der Waals surface area contributed by atoms with Gasteiger partial charge in [-0.2, -0.15) is 0 Å². The van der Waals surface area contributed by atoms with Crippen molar-refractivity contribution in [3.8, 4) is 0 Å². The highest BCUT2D eigenvalue weighted by molar-refractivity contribution is 4.44. The third kappa shape index (κ3) is 7.85. The van der Waals surface area contributed by atoms with Gasteiger partial charge in [0.2, 0.25) is 0 Å². The van der Waals surface area contributed by atoms with Crippen LogP contribution in [0.5, 0.6) is 0 Å². The van der Waals surface area contributed by atoms with Crippen LogP contribution in [0.1, 0.15) is 6.42 Å². The van der Waals surface area contributed by atoms with E-state index in [2.05, 4.69) is 5.32 Å². The molecule has 9 heavy (non-hydrogen) atoms. The van der Waals surface area contributed by atoms with Gasteiger partial charge in [-0.1, -0.05) is 0 Å². The van der Waals surface area contributed by atoms with Crippen LogP contribution in [-0.2, 0) is 4.74 Å². The molecular weight excluding hydrogens is 121 g/mol. The van der Waals surface area contributed by atoms with Crippen molar-refractivity contribution in [3.05, 3.63) is 0 Å². The van der Waals surface area contributed by atoms with Crippen molar-refractivity contribution in [2.24, 2.45) is 0 Å². The van der Waals surface area contributed by atoms with E-state index in [1.165, 1.54) is 0 Å². The zero-order valence-electron chi connectivity index (χ0n) is 5.82. The van der Waals surface area contributed by atoms with Gasteiger partial charge < -0.3 is 10.1 Å². The lowest BCUT2D eigenvalue weighted by Crippen LogP contribution is -2.20. The standard InChI is InChI=1S/C6H14FNO/c1-9-6-5-8-4-2-3-7/h8H,2-6H2,1H3. The summed E-state index contributed by atoms with van der Waals surface area (Å²) in [5.74, 6) is 0. The topological polar surface area (TPSA) is 21.3 Å². The van der Waals surface area contributed by atoms with E-state index in [0.29, 0.717) is 13.0 Å². The lowest BCUT2D eigenvalue weighted by Gasteiger charge is -1.99. The van der Waals surface area contributed by atoms with Crippen LogP contribution < -0.4 is 5.32 Å². The fraction of sp³-hybridized carbons (Fsp3) is 1.00. The monoisotopic (exact) mass is 135 g/mol. The summed E-state index contributed by atoms with van der Waals surface area (Å²) in [6.07, 6.45) is 0.601. The third-order valence-electron chi connectivity index (χ3n) is 0.970. The Bertz CT molecular complexity index is 46.3. The summed E-state index contributed by atoms with van der Waals surface area (Å²) in [4.78, 5) is 0. The highest BCUT2D eigenvalue weighted by atomic mass is 19.1. The summed E-state index contributed by atoms with van der Waals surface area (Å²) in [7, 11) is 1.65. The molecule has 0 rings (SSSR count). The molecule has 0 bridgehead atoms. The molecule has 0 unspecified atom stereocenters. The van der Waals surface area contributed by atoms with Crippen molar-refractivity contribution in [2.45, 2.75) is 6.42 Å². The Morgan fingerprint density at radius 2 is 2.22 bits per heavy atom. The van der Waals surface area contributed by atoms with Crippen molar-refractivity contribution in [1.29, 1.82) is 0 Å². The Morgan fingerprint density at radius 3 is 2.78 bits per heavy atom. The molecule has 0 aliphatic carbocycles. The highest BCUT2D eigenvalue weighted by Gasteiger charge is 1.84. The Morgan fingerprint density at radius 1 is 1.44 bits per heavy atom. The fourth-order valence-electron chi connectivity index (χ4n) is 0.491. The maximum atomic E-state index is 11.4. The summed E-state index contributed by atoms with van der Waals surface area (Å²) in [5.41, 5.74) is 0. The molecule has 0 atom stereocenters. The Labute approximate surface area is 55.4 Å². The average molecular weight is 135 g/mol. The lowest BCUT2D eigenvalue weighted by atomic mass is 10.4. The molecule has 0 amide bonds. The normalized spacial score (nSPS) is 10.0. The van der Waals surface area contributed by atoms with E-state index in [1.807, 2.05) is 0 Å². The van der Waals surface area contributed by atoms with E-state index >= 15 is 0 Å². The Kier molecular flexibility index (Phi) is 7.72. The smallest absolute Gasteiger partial charge is 0.0906 e. The van der Waals surface area contributed by atoms with Gasteiger partial charge in [-0.05, 0) is 13.0 Å². The SMILES string of the molecule is COCCNCCCF. The van der Waals surface area contributed by atoms with Crippen LogP contribution in [0.25, 0.3) is 0 Å². The maximum Gasteiger partial charge on any atom is 0.0906 e. The first kappa shape index (κ1) is 8.85. The van der Waals surface area contributed by atoms with E-state index in [1.54, 1.807) is 7.11 Å². The molecule has 0 heterocycles. The van der Waals surface area contributed by atoms with E-state index in [-0.39, 0.29) is 6.67 Å². The predicted molar refractivity (Wildman–Crippen MR) is 35.3 cm³/mol. The predicted octanol–water partition coefficient (Wildman–Crippen LogP) is 0.582. The van der Waals surface area contributed by atoms with Gasteiger partial charge in [0.25, 0.3) is 0 Å². The molecule has 0 aromatic heterocycles. The molecule has 0 spiro atoms. The Hall–Kier alpha value is -0.150. The van der Waals surface area contributed by atoms with Crippen LogP contribution in [-0.4, -0.2) is 33.5 Å². The minimum absolute atomic E-state index is 0.236. The van der Waals surface area contributed by atoms with Gasteiger partial charge in [0.05, 0.1) is 13.3 Å². The minimum Gasteiger partial charge on any atom is -0.383 e.